The highest BCUT2D eigenvalue weighted by Gasteiger charge is 2.30. The number of carbonyl (C=O) groups excluding carboxylic acids is 1. The van der Waals surface area contributed by atoms with E-state index >= 15 is 0 Å². The van der Waals surface area contributed by atoms with Crippen molar-refractivity contribution in [2.45, 2.75) is 26.2 Å². The highest BCUT2D eigenvalue weighted by molar-refractivity contribution is 6.04. The third-order valence-electron chi connectivity index (χ3n) is 5.03. The van der Waals surface area contributed by atoms with E-state index in [0.29, 0.717) is 41.7 Å². The van der Waals surface area contributed by atoms with Crippen molar-refractivity contribution in [2.75, 3.05) is 39.2 Å². The Kier molecular flexibility index (Phi) is 5.68. The SMILES string of the molecule is COc1cc(-c2onc(N(C)C)c2C(=O)N2CCCC(C)CC2)ccc1F. The van der Waals surface area contributed by atoms with Crippen LogP contribution in [0.2, 0.25) is 0 Å². The molecule has 1 saturated heterocycles. The summed E-state index contributed by atoms with van der Waals surface area (Å²) in [6, 6.07) is 4.39. The van der Waals surface area contributed by atoms with Gasteiger partial charge in [0.05, 0.1) is 7.11 Å². The lowest BCUT2D eigenvalue weighted by Crippen LogP contribution is -2.33. The summed E-state index contributed by atoms with van der Waals surface area (Å²) in [5.41, 5.74) is 0.962. The highest BCUT2D eigenvalue weighted by atomic mass is 19.1. The van der Waals surface area contributed by atoms with E-state index in [9.17, 15) is 9.18 Å². The maximum absolute atomic E-state index is 13.8. The first-order chi connectivity index (χ1) is 12.9. The zero-order valence-electron chi connectivity index (χ0n) is 16.3. The van der Waals surface area contributed by atoms with Crippen LogP contribution in [0.4, 0.5) is 10.2 Å². The second-order valence-corrected chi connectivity index (χ2v) is 7.28. The topological polar surface area (TPSA) is 58.8 Å². The molecule has 7 heteroatoms. The van der Waals surface area contributed by atoms with E-state index in [4.69, 9.17) is 9.26 Å². The number of carbonyl (C=O) groups is 1. The third-order valence-corrected chi connectivity index (χ3v) is 5.03. The Balaban J connectivity index is 2.03. The average Bonchev–Trinajstić information content (AvgIpc) is 2.98. The standard InChI is InChI=1S/C20H26FN3O3/c1-13-6-5-10-24(11-9-13)20(25)17-18(27-22-19(17)23(2)3)14-7-8-15(21)16(12-14)26-4/h7-8,12-13H,5-6,9-11H2,1-4H3. The number of ether oxygens (including phenoxy) is 1. The summed E-state index contributed by atoms with van der Waals surface area (Å²) in [7, 11) is 5.03. The van der Waals surface area contributed by atoms with Crippen molar-refractivity contribution in [3.8, 4) is 17.1 Å². The molecule has 1 atom stereocenters. The van der Waals surface area contributed by atoms with Crippen LogP contribution >= 0.6 is 0 Å². The molecule has 1 unspecified atom stereocenters. The van der Waals surface area contributed by atoms with Gasteiger partial charge in [0.2, 0.25) is 0 Å². The maximum atomic E-state index is 13.8. The van der Waals surface area contributed by atoms with Gasteiger partial charge in [0.25, 0.3) is 5.91 Å². The van der Waals surface area contributed by atoms with E-state index in [1.54, 1.807) is 11.0 Å². The molecule has 0 radical (unpaired) electrons. The molecule has 27 heavy (non-hydrogen) atoms. The fourth-order valence-corrected chi connectivity index (χ4v) is 3.40. The number of aromatic nitrogens is 1. The molecule has 0 spiro atoms. The molecule has 6 nitrogen and oxygen atoms in total. The molecule has 1 aliphatic rings. The van der Waals surface area contributed by atoms with Crippen LogP contribution in [-0.2, 0) is 0 Å². The number of hydrogen-bond acceptors (Lipinski definition) is 5. The molecule has 0 aliphatic carbocycles. The lowest BCUT2D eigenvalue weighted by atomic mass is 10.0. The van der Waals surface area contributed by atoms with E-state index in [2.05, 4.69) is 12.1 Å². The van der Waals surface area contributed by atoms with Crippen molar-refractivity contribution in [3.05, 3.63) is 29.6 Å². The minimum Gasteiger partial charge on any atom is -0.494 e. The van der Waals surface area contributed by atoms with Crippen molar-refractivity contribution in [1.82, 2.24) is 10.1 Å². The van der Waals surface area contributed by atoms with E-state index in [-0.39, 0.29) is 11.7 Å². The Morgan fingerprint density at radius 2 is 2.11 bits per heavy atom. The zero-order chi connectivity index (χ0) is 19.6. The number of likely N-dealkylation sites (tertiary alicyclic amines) is 1. The number of hydrogen-bond donors (Lipinski definition) is 0. The number of amides is 1. The van der Waals surface area contributed by atoms with Crippen LogP contribution in [0.15, 0.2) is 22.7 Å². The Morgan fingerprint density at radius 3 is 2.81 bits per heavy atom. The average molecular weight is 375 g/mol. The quantitative estimate of drug-likeness (QED) is 0.813. The summed E-state index contributed by atoms with van der Waals surface area (Å²) in [4.78, 5) is 17.0. The first kappa shape index (κ1) is 19.2. The first-order valence-electron chi connectivity index (χ1n) is 9.22. The third kappa shape index (κ3) is 3.91. The molecule has 1 aromatic carbocycles. The van der Waals surface area contributed by atoms with Crippen LogP contribution in [0.25, 0.3) is 11.3 Å². The van der Waals surface area contributed by atoms with Crippen LogP contribution in [0, 0.1) is 11.7 Å². The molecule has 146 valence electrons. The molecule has 1 fully saturated rings. The molecular formula is C20H26FN3O3. The van der Waals surface area contributed by atoms with Crippen molar-refractivity contribution in [3.63, 3.8) is 0 Å². The summed E-state index contributed by atoms with van der Waals surface area (Å²) in [5.74, 6) is 0.932. The second kappa shape index (κ2) is 7.98. The Morgan fingerprint density at radius 1 is 1.33 bits per heavy atom. The molecule has 1 aliphatic heterocycles. The van der Waals surface area contributed by atoms with Crippen molar-refractivity contribution < 1.29 is 18.4 Å². The van der Waals surface area contributed by atoms with Gasteiger partial charge in [-0.25, -0.2) is 4.39 Å². The van der Waals surface area contributed by atoms with E-state index in [0.717, 1.165) is 19.3 Å². The number of halogens is 1. The van der Waals surface area contributed by atoms with Crippen LogP contribution in [0.5, 0.6) is 5.75 Å². The fourth-order valence-electron chi connectivity index (χ4n) is 3.40. The first-order valence-corrected chi connectivity index (χ1v) is 9.22. The summed E-state index contributed by atoms with van der Waals surface area (Å²) in [6.07, 6.45) is 3.08. The molecule has 3 rings (SSSR count). The minimum atomic E-state index is -0.469. The summed E-state index contributed by atoms with van der Waals surface area (Å²) >= 11 is 0. The predicted octanol–water partition coefficient (Wildman–Crippen LogP) is 3.82. The normalized spacial score (nSPS) is 17.5. The smallest absolute Gasteiger partial charge is 0.261 e. The zero-order valence-corrected chi connectivity index (χ0v) is 16.3. The molecule has 1 aromatic heterocycles. The number of anilines is 1. The molecule has 2 heterocycles. The van der Waals surface area contributed by atoms with Crippen molar-refractivity contribution in [1.29, 1.82) is 0 Å². The predicted molar refractivity (Wildman–Crippen MR) is 102 cm³/mol. The molecule has 1 amide bonds. The van der Waals surface area contributed by atoms with Crippen LogP contribution < -0.4 is 9.64 Å². The number of rotatable bonds is 4. The van der Waals surface area contributed by atoms with Gasteiger partial charge in [-0.3, -0.25) is 4.79 Å². The molecular weight excluding hydrogens is 349 g/mol. The van der Waals surface area contributed by atoms with E-state index in [1.807, 2.05) is 19.0 Å². The van der Waals surface area contributed by atoms with Gasteiger partial charge < -0.3 is 19.1 Å². The molecule has 0 bridgehead atoms. The maximum Gasteiger partial charge on any atom is 0.261 e. The largest absolute Gasteiger partial charge is 0.494 e. The Labute approximate surface area is 158 Å². The van der Waals surface area contributed by atoms with Gasteiger partial charge in [-0.15, -0.1) is 0 Å². The fraction of sp³-hybridized carbons (Fsp3) is 0.500. The van der Waals surface area contributed by atoms with Crippen molar-refractivity contribution >= 4 is 11.7 Å². The van der Waals surface area contributed by atoms with Crippen LogP contribution in [-0.4, -0.2) is 50.3 Å². The van der Waals surface area contributed by atoms with E-state index in [1.165, 1.54) is 19.2 Å². The summed E-state index contributed by atoms with van der Waals surface area (Å²) < 4.78 is 24.4. The Bertz CT molecular complexity index is 819. The molecule has 0 saturated carbocycles. The number of nitrogens with zero attached hydrogens (tertiary/aromatic N) is 3. The van der Waals surface area contributed by atoms with E-state index < -0.39 is 5.82 Å². The second-order valence-electron chi connectivity index (χ2n) is 7.28. The highest BCUT2D eigenvalue weighted by Crippen LogP contribution is 2.34. The van der Waals surface area contributed by atoms with Gasteiger partial charge in [-0.2, -0.15) is 0 Å². The monoisotopic (exact) mass is 375 g/mol. The number of benzene rings is 1. The van der Waals surface area contributed by atoms with Gasteiger partial charge in [0.15, 0.2) is 23.1 Å². The molecule has 2 aromatic rings. The van der Waals surface area contributed by atoms with Gasteiger partial charge in [0.1, 0.15) is 5.56 Å². The lowest BCUT2D eigenvalue weighted by Gasteiger charge is -2.21. The number of methoxy groups -OCH3 is 1. The van der Waals surface area contributed by atoms with Gasteiger partial charge >= 0.3 is 0 Å². The summed E-state index contributed by atoms with van der Waals surface area (Å²) in [5, 5.41) is 4.09. The molecule has 0 N–H and O–H groups in total. The summed E-state index contributed by atoms with van der Waals surface area (Å²) in [6.45, 7) is 3.65. The van der Waals surface area contributed by atoms with Gasteiger partial charge in [-0.05, 0) is 43.4 Å². The van der Waals surface area contributed by atoms with Crippen LogP contribution in [0.3, 0.4) is 0 Å². The van der Waals surface area contributed by atoms with Gasteiger partial charge in [0, 0.05) is 32.7 Å². The van der Waals surface area contributed by atoms with Gasteiger partial charge in [-0.1, -0.05) is 12.1 Å². The van der Waals surface area contributed by atoms with Crippen LogP contribution in [0.1, 0.15) is 36.5 Å². The van der Waals surface area contributed by atoms with Crippen molar-refractivity contribution in [2.24, 2.45) is 5.92 Å². The minimum absolute atomic E-state index is 0.0947. The Hall–Kier alpha value is -2.57. The lowest BCUT2D eigenvalue weighted by molar-refractivity contribution is 0.0761.